The van der Waals surface area contributed by atoms with Crippen LogP contribution in [0.2, 0.25) is 0 Å². The van der Waals surface area contributed by atoms with E-state index in [0.29, 0.717) is 12.5 Å². The van der Waals surface area contributed by atoms with Gasteiger partial charge in [-0.2, -0.15) is 13.2 Å². The highest BCUT2D eigenvalue weighted by Gasteiger charge is 2.49. The molecule has 0 aliphatic heterocycles. The summed E-state index contributed by atoms with van der Waals surface area (Å²) in [6, 6.07) is 8.57. The molecular formula is C10H12F3NO. The van der Waals surface area contributed by atoms with Crippen molar-refractivity contribution < 1.29 is 18.3 Å². The topological polar surface area (TPSA) is 32.3 Å². The molecule has 84 valence electrons. The summed E-state index contributed by atoms with van der Waals surface area (Å²) in [7, 11) is 0. The van der Waals surface area contributed by atoms with Crippen LogP contribution < -0.4 is 5.32 Å². The lowest BCUT2D eigenvalue weighted by molar-refractivity contribution is -0.265. The quantitative estimate of drug-likeness (QED) is 0.762. The molecule has 0 heterocycles. The molecule has 0 bridgehead atoms. The number of halogens is 3. The van der Waals surface area contributed by atoms with E-state index in [1.807, 2.05) is 5.32 Å². The average molecular weight is 219 g/mol. The van der Waals surface area contributed by atoms with Crippen molar-refractivity contribution in [3.63, 3.8) is 0 Å². The molecule has 5 heteroatoms. The van der Waals surface area contributed by atoms with Crippen molar-refractivity contribution in [2.24, 2.45) is 0 Å². The fraction of sp³-hybridized carbons (Fsp3) is 0.400. The highest BCUT2D eigenvalue weighted by Crippen LogP contribution is 2.27. The number of rotatable bonds is 3. The molecule has 0 saturated carbocycles. The lowest BCUT2D eigenvalue weighted by atomic mass is 10.2. The molecule has 0 saturated heterocycles. The molecule has 0 amide bonds. The molecule has 15 heavy (non-hydrogen) atoms. The fourth-order valence-electron chi connectivity index (χ4n) is 0.970. The number of hydrogen-bond acceptors (Lipinski definition) is 2. The van der Waals surface area contributed by atoms with Crippen LogP contribution in [0.15, 0.2) is 30.3 Å². The molecule has 0 aliphatic carbocycles. The van der Waals surface area contributed by atoms with Crippen LogP contribution in [0.25, 0.3) is 0 Å². The highest BCUT2D eigenvalue weighted by atomic mass is 19.4. The van der Waals surface area contributed by atoms with Gasteiger partial charge in [0, 0.05) is 6.54 Å². The van der Waals surface area contributed by atoms with E-state index in [1.54, 1.807) is 30.3 Å². The standard InChI is InChI=1S/C10H12F3NO/c1-9(15,10(11,12)13)14-7-8-5-3-2-4-6-8/h2-6,14-15H,7H2,1H3. The summed E-state index contributed by atoms with van der Waals surface area (Å²) in [4.78, 5) is 0. The monoisotopic (exact) mass is 219 g/mol. The van der Waals surface area contributed by atoms with Gasteiger partial charge in [-0.1, -0.05) is 30.3 Å². The maximum absolute atomic E-state index is 12.2. The maximum atomic E-state index is 12.2. The van der Waals surface area contributed by atoms with Crippen molar-refractivity contribution in [1.82, 2.24) is 5.32 Å². The van der Waals surface area contributed by atoms with Gasteiger partial charge in [0.15, 0.2) is 0 Å². The molecule has 1 atom stereocenters. The number of hydrogen-bond donors (Lipinski definition) is 2. The van der Waals surface area contributed by atoms with Crippen LogP contribution in [0.5, 0.6) is 0 Å². The summed E-state index contributed by atoms with van der Waals surface area (Å²) >= 11 is 0. The molecule has 0 aliphatic rings. The van der Waals surface area contributed by atoms with E-state index < -0.39 is 11.9 Å². The molecule has 0 aromatic heterocycles. The van der Waals surface area contributed by atoms with Crippen LogP contribution >= 0.6 is 0 Å². The van der Waals surface area contributed by atoms with Crippen molar-refractivity contribution in [2.45, 2.75) is 25.4 Å². The predicted molar refractivity (Wildman–Crippen MR) is 50.0 cm³/mol. The Hall–Kier alpha value is -1.07. The summed E-state index contributed by atoms with van der Waals surface area (Å²) in [5, 5.41) is 11.1. The van der Waals surface area contributed by atoms with E-state index in [2.05, 4.69) is 0 Å². The van der Waals surface area contributed by atoms with Gasteiger partial charge < -0.3 is 5.11 Å². The van der Waals surface area contributed by atoms with Crippen LogP contribution in [0.3, 0.4) is 0 Å². The lowest BCUT2D eigenvalue weighted by Gasteiger charge is -2.27. The minimum absolute atomic E-state index is 0.0344. The third-order valence-electron chi connectivity index (χ3n) is 2.03. The van der Waals surface area contributed by atoms with Gasteiger partial charge in [-0.15, -0.1) is 0 Å². The Kier molecular flexibility index (Phi) is 3.36. The first kappa shape index (κ1) is 12.0. The first-order chi connectivity index (χ1) is 6.83. The SMILES string of the molecule is CC(O)(NCc1ccccc1)C(F)(F)F. The van der Waals surface area contributed by atoms with Crippen LogP contribution in [0.4, 0.5) is 13.2 Å². The van der Waals surface area contributed by atoms with Gasteiger partial charge in [0.1, 0.15) is 0 Å². The third-order valence-corrected chi connectivity index (χ3v) is 2.03. The first-order valence-corrected chi connectivity index (χ1v) is 4.41. The summed E-state index contributed by atoms with van der Waals surface area (Å²) in [5.41, 5.74) is -2.18. The molecule has 1 aromatic rings. The molecule has 2 nitrogen and oxygen atoms in total. The number of nitrogens with one attached hydrogen (secondary N) is 1. The molecule has 1 aromatic carbocycles. The lowest BCUT2D eigenvalue weighted by Crippen LogP contribution is -2.53. The minimum atomic E-state index is -4.68. The summed E-state index contributed by atoms with van der Waals surface area (Å²) < 4.78 is 36.7. The Balaban J connectivity index is 2.58. The van der Waals surface area contributed by atoms with Gasteiger partial charge in [-0.05, 0) is 12.5 Å². The van der Waals surface area contributed by atoms with Gasteiger partial charge in [-0.3, -0.25) is 5.32 Å². The second kappa shape index (κ2) is 4.20. The maximum Gasteiger partial charge on any atom is 0.430 e. The second-order valence-electron chi connectivity index (χ2n) is 3.41. The second-order valence-corrected chi connectivity index (χ2v) is 3.41. The molecular weight excluding hydrogens is 207 g/mol. The van der Waals surface area contributed by atoms with E-state index in [-0.39, 0.29) is 6.54 Å². The van der Waals surface area contributed by atoms with Crippen molar-refractivity contribution in [1.29, 1.82) is 0 Å². The zero-order valence-corrected chi connectivity index (χ0v) is 8.17. The molecule has 2 N–H and O–H groups in total. The zero-order valence-electron chi connectivity index (χ0n) is 8.17. The first-order valence-electron chi connectivity index (χ1n) is 4.41. The normalized spacial score (nSPS) is 16.1. The summed E-state index contributed by atoms with van der Waals surface area (Å²) in [6.07, 6.45) is -4.68. The fourth-order valence-corrected chi connectivity index (χ4v) is 0.970. The van der Waals surface area contributed by atoms with Gasteiger partial charge in [0.25, 0.3) is 0 Å². The minimum Gasteiger partial charge on any atom is -0.368 e. The Labute approximate surface area is 85.7 Å². The van der Waals surface area contributed by atoms with Gasteiger partial charge in [0.05, 0.1) is 0 Å². The van der Waals surface area contributed by atoms with Gasteiger partial charge in [0.2, 0.25) is 5.72 Å². The van der Waals surface area contributed by atoms with E-state index in [9.17, 15) is 13.2 Å². The van der Waals surface area contributed by atoms with E-state index in [1.165, 1.54) is 0 Å². The Morgan fingerprint density at radius 3 is 2.20 bits per heavy atom. The smallest absolute Gasteiger partial charge is 0.368 e. The van der Waals surface area contributed by atoms with E-state index in [0.717, 1.165) is 0 Å². The molecule has 1 unspecified atom stereocenters. The number of alkyl halides is 3. The molecule has 0 spiro atoms. The van der Waals surface area contributed by atoms with Gasteiger partial charge >= 0.3 is 6.18 Å². The van der Waals surface area contributed by atoms with E-state index in [4.69, 9.17) is 5.11 Å². The molecule has 1 rings (SSSR count). The van der Waals surface area contributed by atoms with E-state index >= 15 is 0 Å². The van der Waals surface area contributed by atoms with Crippen molar-refractivity contribution in [3.8, 4) is 0 Å². The van der Waals surface area contributed by atoms with Crippen molar-refractivity contribution in [3.05, 3.63) is 35.9 Å². The zero-order chi connectivity index (χ0) is 11.5. The highest BCUT2D eigenvalue weighted by molar-refractivity contribution is 5.14. The van der Waals surface area contributed by atoms with Crippen LogP contribution in [-0.4, -0.2) is 17.0 Å². The van der Waals surface area contributed by atoms with Crippen molar-refractivity contribution >= 4 is 0 Å². The average Bonchev–Trinajstić information content (AvgIpc) is 2.15. The van der Waals surface area contributed by atoms with Crippen molar-refractivity contribution in [2.75, 3.05) is 0 Å². The molecule has 0 radical (unpaired) electrons. The number of benzene rings is 1. The third kappa shape index (κ3) is 3.21. The number of aliphatic hydroxyl groups is 1. The molecule has 0 fully saturated rings. The Morgan fingerprint density at radius 2 is 1.73 bits per heavy atom. The Bertz CT molecular complexity index is 308. The predicted octanol–water partition coefficient (Wildman–Crippen LogP) is 2.05. The largest absolute Gasteiger partial charge is 0.430 e. The summed E-state index contributed by atoms with van der Waals surface area (Å²) in [5.74, 6) is 0. The Morgan fingerprint density at radius 1 is 1.20 bits per heavy atom. The summed E-state index contributed by atoms with van der Waals surface area (Å²) in [6.45, 7) is 0.656. The van der Waals surface area contributed by atoms with Crippen LogP contribution in [0.1, 0.15) is 12.5 Å². The van der Waals surface area contributed by atoms with Gasteiger partial charge in [-0.25, -0.2) is 0 Å². The van der Waals surface area contributed by atoms with Crippen LogP contribution in [-0.2, 0) is 6.54 Å². The van der Waals surface area contributed by atoms with Crippen LogP contribution in [0, 0.1) is 0 Å².